The fraction of sp³-hybridized carbons (Fsp3) is 0.875. The van der Waals surface area contributed by atoms with E-state index in [9.17, 15) is 9.59 Å². The molecular weight excluding hydrogens is 266 g/mol. The maximum Gasteiger partial charge on any atom is 0.245 e. The van der Waals surface area contributed by atoms with Gasteiger partial charge in [-0.2, -0.15) is 0 Å². The molecule has 2 N–H and O–H groups in total. The van der Waals surface area contributed by atoms with E-state index in [4.69, 9.17) is 5.73 Å². The lowest BCUT2D eigenvalue weighted by Gasteiger charge is -2.49. The topological polar surface area (TPSA) is 66.6 Å². The normalized spacial score (nSPS) is 36.6. The molecule has 3 rings (SSSR count). The second-order valence-corrected chi connectivity index (χ2v) is 7.09. The van der Waals surface area contributed by atoms with E-state index >= 15 is 0 Å². The predicted octanol–water partition coefficient (Wildman–Crippen LogP) is 1.46. The van der Waals surface area contributed by atoms with Crippen LogP contribution in [0.3, 0.4) is 0 Å². The smallest absolute Gasteiger partial charge is 0.245 e. The number of hydrogen-bond acceptors (Lipinski definition) is 3. The van der Waals surface area contributed by atoms with Gasteiger partial charge in [-0.15, -0.1) is 0 Å². The highest BCUT2D eigenvalue weighted by Crippen LogP contribution is 2.52. The van der Waals surface area contributed by atoms with E-state index in [1.54, 1.807) is 0 Å². The average Bonchev–Trinajstić information content (AvgIpc) is 2.64. The molecule has 3 fully saturated rings. The van der Waals surface area contributed by atoms with Crippen LogP contribution in [0.15, 0.2) is 0 Å². The minimum atomic E-state index is -0.684. The Kier molecular flexibility index (Phi) is 3.51. The van der Waals surface area contributed by atoms with Crippen molar-refractivity contribution in [2.24, 2.45) is 11.7 Å². The number of nitrogens with zero attached hydrogens (tertiary/aromatic N) is 2. The van der Waals surface area contributed by atoms with Crippen LogP contribution in [0.25, 0.3) is 0 Å². The second kappa shape index (κ2) is 4.97. The molecule has 2 saturated carbocycles. The van der Waals surface area contributed by atoms with Gasteiger partial charge in [0.05, 0.1) is 11.6 Å². The number of amides is 2. The molecule has 21 heavy (non-hydrogen) atoms. The van der Waals surface area contributed by atoms with Gasteiger partial charge in [0.25, 0.3) is 0 Å². The monoisotopic (exact) mass is 293 g/mol. The fourth-order valence-electron chi connectivity index (χ4n) is 5.20. The van der Waals surface area contributed by atoms with Gasteiger partial charge in [-0.1, -0.05) is 19.3 Å². The number of rotatable bonds is 1. The molecule has 1 heterocycles. The molecule has 0 aromatic rings. The summed E-state index contributed by atoms with van der Waals surface area (Å²) in [5, 5.41) is 0. The number of carbonyl (C=O) groups excluding carboxylic acids is 2. The average molecular weight is 293 g/mol. The first-order valence-electron chi connectivity index (χ1n) is 8.28. The lowest BCUT2D eigenvalue weighted by molar-refractivity contribution is -0.143. The molecule has 2 spiro atoms. The highest BCUT2D eigenvalue weighted by Gasteiger charge is 2.66. The van der Waals surface area contributed by atoms with Gasteiger partial charge < -0.3 is 10.6 Å². The Labute approximate surface area is 126 Å². The van der Waals surface area contributed by atoms with Crippen molar-refractivity contribution in [2.75, 3.05) is 14.1 Å². The van der Waals surface area contributed by atoms with Crippen LogP contribution in [-0.2, 0) is 9.59 Å². The van der Waals surface area contributed by atoms with Crippen LogP contribution in [0.2, 0.25) is 0 Å². The van der Waals surface area contributed by atoms with Crippen LogP contribution in [-0.4, -0.2) is 46.9 Å². The maximum atomic E-state index is 13.2. The SMILES string of the molecule is CN1C(=O)C2(CCCCC2C(N)=O)N(C)C12CCCCC2. The molecule has 2 atom stereocenters. The van der Waals surface area contributed by atoms with Crippen LogP contribution < -0.4 is 5.73 Å². The highest BCUT2D eigenvalue weighted by atomic mass is 16.2. The van der Waals surface area contributed by atoms with E-state index in [0.717, 1.165) is 51.4 Å². The van der Waals surface area contributed by atoms with E-state index in [1.165, 1.54) is 6.42 Å². The zero-order valence-corrected chi connectivity index (χ0v) is 13.2. The Morgan fingerprint density at radius 2 is 1.71 bits per heavy atom. The Balaban J connectivity index is 2.05. The molecule has 0 bridgehead atoms. The van der Waals surface area contributed by atoms with E-state index in [1.807, 2.05) is 19.0 Å². The van der Waals surface area contributed by atoms with Crippen molar-refractivity contribution in [3.05, 3.63) is 0 Å². The largest absolute Gasteiger partial charge is 0.369 e. The first kappa shape index (κ1) is 14.8. The summed E-state index contributed by atoms with van der Waals surface area (Å²) >= 11 is 0. The molecule has 5 heteroatoms. The van der Waals surface area contributed by atoms with Crippen molar-refractivity contribution >= 4 is 11.8 Å². The van der Waals surface area contributed by atoms with Gasteiger partial charge in [-0.05, 0) is 45.6 Å². The number of carbonyl (C=O) groups is 2. The molecule has 3 aliphatic rings. The third kappa shape index (κ3) is 1.79. The Bertz CT molecular complexity index is 458. The van der Waals surface area contributed by atoms with Crippen molar-refractivity contribution in [1.82, 2.24) is 9.80 Å². The third-order valence-corrected chi connectivity index (χ3v) is 6.40. The van der Waals surface area contributed by atoms with Crippen molar-refractivity contribution in [3.8, 4) is 0 Å². The number of nitrogens with two attached hydrogens (primary N) is 1. The molecule has 0 aromatic carbocycles. The van der Waals surface area contributed by atoms with Crippen molar-refractivity contribution in [1.29, 1.82) is 0 Å². The summed E-state index contributed by atoms with van der Waals surface area (Å²) in [4.78, 5) is 29.4. The third-order valence-electron chi connectivity index (χ3n) is 6.40. The summed E-state index contributed by atoms with van der Waals surface area (Å²) < 4.78 is 0. The number of primary amides is 1. The van der Waals surface area contributed by atoms with Crippen LogP contribution in [0.5, 0.6) is 0 Å². The fourth-order valence-corrected chi connectivity index (χ4v) is 5.20. The van der Waals surface area contributed by atoms with Crippen molar-refractivity contribution in [3.63, 3.8) is 0 Å². The molecule has 118 valence electrons. The quantitative estimate of drug-likeness (QED) is 0.796. The van der Waals surface area contributed by atoms with E-state index in [0.29, 0.717) is 0 Å². The lowest BCUT2D eigenvalue weighted by atomic mass is 9.70. The van der Waals surface area contributed by atoms with E-state index in [2.05, 4.69) is 4.90 Å². The summed E-state index contributed by atoms with van der Waals surface area (Å²) in [6.45, 7) is 0. The zero-order valence-electron chi connectivity index (χ0n) is 13.2. The Hall–Kier alpha value is -1.10. The molecule has 2 amide bonds. The van der Waals surface area contributed by atoms with Crippen LogP contribution in [0.1, 0.15) is 57.8 Å². The molecule has 1 saturated heterocycles. The van der Waals surface area contributed by atoms with Gasteiger partial charge in [0.1, 0.15) is 5.54 Å². The van der Waals surface area contributed by atoms with Crippen LogP contribution >= 0.6 is 0 Å². The zero-order chi connectivity index (χ0) is 15.3. The van der Waals surface area contributed by atoms with Gasteiger partial charge in [0, 0.05) is 7.05 Å². The minimum absolute atomic E-state index is 0.121. The summed E-state index contributed by atoms with van der Waals surface area (Å²) in [5.74, 6) is -0.529. The lowest BCUT2D eigenvalue weighted by Crippen LogP contribution is -2.62. The van der Waals surface area contributed by atoms with Gasteiger partial charge in [-0.25, -0.2) is 0 Å². The van der Waals surface area contributed by atoms with Gasteiger partial charge >= 0.3 is 0 Å². The summed E-state index contributed by atoms with van der Waals surface area (Å²) in [6, 6.07) is 0. The Morgan fingerprint density at radius 3 is 2.33 bits per heavy atom. The predicted molar refractivity (Wildman–Crippen MR) is 80.2 cm³/mol. The Morgan fingerprint density at radius 1 is 1.10 bits per heavy atom. The standard InChI is InChI=1S/C16H27N3O2/c1-18-14(21)16(11-7-4-8-12(16)13(17)20)19(2)15(18)9-5-3-6-10-15/h12H,3-11H2,1-2H3,(H2,17,20). The van der Waals surface area contributed by atoms with E-state index < -0.39 is 5.54 Å². The summed E-state index contributed by atoms with van der Waals surface area (Å²) in [7, 11) is 3.97. The first-order chi connectivity index (χ1) is 9.97. The number of likely N-dealkylation sites (N-methyl/N-ethyl adjacent to an activating group) is 2. The van der Waals surface area contributed by atoms with Crippen LogP contribution in [0, 0.1) is 5.92 Å². The molecule has 5 nitrogen and oxygen atoms in total. The van der Waals surface area contributed by atoms with E-state index in [-0.39, 0.29) is 23.4 Å². The van der Waals surface area contributed by atoms with Gasteiger partial charge in [0.2, 0.25) is 11.8 Å². The molecule has 2 aliphatic carbocycles. The summed E-state index contributed by atoms with van der Waals surface area (Å²) in [5.41, 5.74) is 4.79. The maximum absolute atomic E-state index is 13.2. The highest BCUT2D eigenvalue weighted by molar-refractivity contribution is 5.95. The second-order valence-electron chi connectivity index (χ2n) is 7.09. The van der Waals surface area contributed by atoms with Gasteiger partial charge in [-0.3, -0.25) is 14.5 Å². The van der Waals surface area contributed by atoms with Crippen molar-refractivity contribution < 1.29 is 9.59 Å². The summed E-state index contributed by atoms with van der Waals surface area (Å²) in [6.07, 6.45) is 9.08. The van der Waals surface area contributed by atoms with Crippen molar-refractivity contribution in [2.45, 2.75) is 69.0 Å². The first-order valence-corrected chi connectivity index (χ1v) is 8.28. The molecular formula is C16H27N3O2. The molecule has 2 unspecified atom stereocenters. The molecule has 0 aromatic heterocycles. The molecule has 1 aliphatic heterocycles. The van der Waals surface area contributed by atoms with Crippen LogP contribution in [0.4, 0.5) is 0 Å². The number of hydrogen-bond donors (Lipinski definition) is 1. The minimum Gasteiger partial charge on any atom is -0.369 e. The van der Waals surface area contributed by atoms with Gasteiger partial charge in [0.15, 0.2) is 0 Å². The molecule has 0 radical (unpaired) electrons.